The molecule has 0 aliphatic carbocycles. The number of rotatable bonds is 24. The lowest BCUT2D eigenvalue weighted by molar-refractivity contribution is -0.386. The number of hydrogen-bond acceptors (Lipinski definition) is 8. The maximum atomic E-state index is 12.8. The van der Waals surface area contributed by atoms with Crippen molar-refractivity contribution in [2.45, 2.75) is 103 Å². The average Bonchev–Trinajstić information content (AvgIpc) is 3.10. The van der Waals surface area contributed by atoms with Gasteiger partial charge in [0.15, 0.2) is 5.75 Å². The zero-order chi connectivity index (χ0) is 35.3. The summed E-state index contributed by atoms with van der Waals surface area (Å²) in [6, 6.07) is 19.2. The summed E-state index contributed by atoms with van der Waals surface area (Å²) in [7, 11) is 0. The third-order valence-corrected chi connectivity index (χ3v) is 8.15. The van der Waals surface area contributed by atoms with E-state index in [1.54, 1.807) is 12.1 Å². The molecule has 1 atom stereocenters. The molecule has 0 saturated carbocycles. The van der Waals surface area contributed by atoms with E-state index in [1.165, 1.54) is 56.4 Å². The molecule has 0 amide bonds. The summed E-state index contributed by atoms with van der Waals surface area (Å²) < 4.78 is 22.2. The zero-order valence-electron chi connectivity index (χ0n) is 29.0. The van der Waals surface area contributed by atoms with Crippen LogP contribution in [-0.2, 0) is 9.53 Å². The lowest BCUT2D eigenvalue weighted by Crippen LogP contribution is -2.14. The molecule has 9 nitrogen and oxygen atoms in total. The van der Waals surface area contributed by atoms with Gasteiger partial charge in [-0.3, -0.25) is 10.1 Å². The summed E-state index contributed by atoms with van der Waals surface area (Å²) >= 11 is 0. The molecule has 0 unspecified atom stereocenters. The highest BCUT2D eigenvalue weighted by Crippen LogP contribution is 2.31. The molecule has 0 spiro atoms. The maximum Gasteiger partial charge on any atom is 0.343 e. The number of nitro groups is 1. The Balaban J connectivity index is 1.36. The number of carbonyl (C=O) groups is 2. The van der Waals surface area contributed by atoms with Crippen molar-refractivity contribution in [3.63, 3.8) is 0 Å². The van der Waals surface area contributed by atoms with E-state index in [2.05, 4.69) is 13.5 Å². The lowest BCUT2D eigenvalue weighted by Gasteiger charge is -2.15. The number of benzene rings is 3. The highest BCUT2D eigenvalue weighted by atomic mass is 16.6. The summed E-state index contributed by atoms with van der Waals surface area (Å²) in [6.07, 6.45) is 15.1. The minimum atomic E-state index is -0.683. The van der Waals surface area contributed by atoms with Crippen LogP contribution in [0.3, 0.4) is 0 Å². The zero-order valence-corrected chi connectivity index (χ0v) is 29.0. The van der Waals surface area contributed by atoms with Gasteiger partial charge in [-0.25, -0.2) is 9.59 Å². The van der Waals surface area contributed by atoms with Gasteiger partial charge in [0.25, 0.3) is 0 Å². The van der Waals surface area contributed by atoms with E-state index < -0.39 is 10.9 Å². The molecular formula is C40H51NO8. The van der Waals surface area contributed by atoms with E-state index in [0.717, 1.165) is 68.2 Å². The molecular weight excluding hydrogens is 622 g/mol. The van der Waals surface area contributed by atoms with Gasteiger partial charge in [-0.05, 0) is 80.1 Å². The third kappa shape index (κ3) is 14.6. The summed E-state index contributed by atoms with van der Waals surface area (Å²) in [5.74, 6) is 0.272. The molecule has 3 rings (SSSR count). The molecule has 0 N–H and O–H groups in total. The molecule has 0 fully saturated rings. The van der Waals surface area contributed by atoms with E-state index in [1.807, 2.05) is 43.3 Å². The van der Waals surface area contributed by atoms with Crippen LogP contribution in [0, 0.1) is 10.1 Å². The van der Waals surface area contributed by atoms with Gasteiger partial charge in [0, 0.05) is 12.1 Å². The molecule has 3 aromatic carbocycles. The largest absolute Gasteiger partial charge is 0.494 e. The van der Waals surface area contributed by atoms with Crippen molar-refractivity contribution in [2.75, 3.05) is 13.2 Å². The summed E-state index contributed by atoms with van der Waals surface area (Å²) in [6.45, 7) is 8.55. The predicted octanol–water partition coefficient (Wildman–Crippen LogP) is 10.4. The molecule has 0 aliphatic rings. The Morgan fingerprint density at radius 3 is 1.92 bits per heavy atom. The van der Waals surface area contributed by atoms with Gasteiger partial charge >= 0.3 is 17.6 Å². The fourth-order valence-electron chi connectivity index (χ4n) is 5.33. The quantitative estimate of drug-likeness (QED) is 0.0230. The van der Waals surface area contributed by atoms with Crippen LogP contribution < -0.4 is 14.2 Å². The molecule has 0 aromatic heterocycles. The molecule has 0 saturated heterocycles. The molecule has 0 aliphatic heterocycles. The Morgan fingerprint density at radius 1 is 0.776 bits per heavy atom. The van der Waals surface area contributed by atoms with Crippen LogP contribution in [0.1, 0.15) is 108 Å². The van der Waals surface area contributed by atoms with Crippen LogP contribution in [0.25, 0.3) is 11.1 Å². The fourth-order valence-corrected chi connectivity index (χ4v) is 5.33. The van der Waals surface area contributed by atoms with Crippen LogP contribution in [0.2, 0.25) is 0 Å². The van der Waals surface area contributed by atoms with Crippen molar-refractivity contribution < 1.29 is 33.5 Å². The number of esters is 2. The Labute approximate surface area is 290 Å². The summed E-state index contributed by atoms with van der Waals surface area (Å²) in [4.78, 5) is 35.0. The molecule has 3 aromatic rings. The maximum absolute atomic E-state index is 12.8. The number of unbranched alkanes of at least 4 members (excludes halogenated alkanes) is 10. The van der Waals surface area contributed by atoms with Crippen molar-refractivity contribution in [3.8, 4) is 28.4 Å². The highest BCUT2D eigenvalue weighted by molar-refractivity contribution is 5.92. The highest BCUT2D eigenvalue weighted by Gasteiger charge is 2.21. The Kier molecular flexibility index (Phi) is 17.5. The first-order valence-electron chi connectivity index (χ1n) is 17.6. The smallest absolute Gasteiger partial charge is 0.343 e. The van der Waals surface area contributed by atoms with E-state index in [4.69, 9.17) is 18.9 Å². The molecule has 49 heavy (non-hydrogen) atoms. The topological polar surface area (TPSA) is 114 Å². The van der Waals surface area contributed by atoms with E-state index in [0.29, 0.717) is 19.0 Å². The lowest BCUT2D eigenvalue weighted by atomic mass is 10.1. The third-order valence-electron chi connectivity index (χ3n) is 8.15. The first-order chi connectivity index (χ1) is 23.8. The second kappa shape index (κ2) is 22.1. The molecule has 0 radical (unpaired) electrons. The number of ether oxygens (including phenoxy) is 4. The first kappa shape index (κ1) is 38.8. The monoisotopic (exact) mass is 673 g/mol. The number of nitro benzene ring substituents is 1. The molecule has 0 heterocycles. The second-order valence-corrected chi connectivity index (χ2v) is 12.2. The van der Waals surface area contributed by atoms with Crippen LogP contribution >= 0.6 is 0 Å². The first-order valence-corrected chi connectivity index (χ1v) is 17.6. The molecule has 9 heteroatoms. The molecule has 264 valence electrons. The van der Waals surface area contributed by atoms with Crippen LogP contribution in [0.15, 0.2) is 79.4 Å². The fraction of sp³-hybridized carbons (Fsp3) is 0.450. The minimum Gasteiger partial charge on any atom is -0.494 e. The van der Waals surface area contributed by atoms with Crippen LogP contribution in [0.4, 0.5) is 5.69 Å². The van der Waals surface area contributed by atoms with Gasteiger partial charge in [-0.1, -0.05) is 95.6 Å². The van der Waals surface area contributed by atoms with Gasteiger partial charge < -0.3 is 18.9 Å². The Bertz CT molecular complexity index is 1450. The van der Waals surface area contributed by atoms with E-state index in [9.17, 15) is 19.7 Å². The number of nitrogens with zero attached hydrogens (tertiary/aromatic N) is 1. The van der Waals surface area contributed by atoms with Crippen molar-refractivity contribution in [3.05, 3.63) is 95.1 Å². The minimum absolute atomic E-state index is 0.0753. The standard InChI is InChI=1S/C40H51NO8/c1-4-6-14-17-31(3)48-38-27-22-34(30-37(38)41(44)45)40(43)49-36-25-20-33(21-26-36)32-18-23-35(24-19-32)46-28-15-12-10-8-7-9-11-13-16-29-47-39(42)5-2/h5,18-27,30-31H,2,4,6-17,28-29H2,1,3H3/t31-/m0/s1. The van der Waals surface area contributed by atoms with Crippen molar-refractivity contribution in [1.29, 1.82) is 0 Å². The predicted molar refractivity (Wildman–Crippen MR) is 192 cm³/mol. The van der Waals surface area contributed by atoms with Gasteiger partial charge in [-0.2, -0.15) is 0 Å². The number of carbonyl (C=O) groups excluding carboxylic acids is 2. The SMILES string of the molecule is C=CC(=O)OCCCCCCCCCCCOc1ccc(-c2ccc(OC(=O)c3ccc(O[C@@H](C)CCCCC)c([N+](=O)[O-])c3)cc2)cc1. The van der Waals surface area contributed by atoms with Gasteiger partial charge in [0.05, 0.1) is 29.8 Å². The van der Waals surface area contributed by atoms with E-state index in [-0.39, 0.29) is 29.1 Å². The van der Waals surface area contributed by atoms with Crippen molar-refractivity contribution in [1.82, 2.24) is 0 Å². The second-order valence-electron chi connectivity index (χ2n) is 12.2. The van der Waals surface area contributed by atoms with E-state index >= 15 is 0 Å². The Morgan fingerprint density at radius 2 is 1.35 bits per heavy atom. The van der Waals surface area contributed by atoms with Gasteiger partial charge in [0.1, 0.15) is 11.5 Å². The van der Waals surface area contributed by atoms with Gasteiger partial charge in [-0.15, -0.1) is 0 Å². The van der Waals surface area contributed by atoms with Crippen LogP contribution in [-0.4, -0.2) is 36.2 Å². The number of hydrogen-bond donors (Lipinski definition) is 0. The Hall–Kier alpha value is -4.66. The van der Waals surface area contributed by atoms with Crippen molar-refractivity contribution in [2.24, 2.45) is 0 Å². The average molecular weight is 674 g/mol. The molecule has 0 bridgehead atoms. The summed E-state index contributed by atoms with van der Waals surface area (Å²) in [5.41, 5.74) is 1.76. The van der Waals surface area contributed by atoms with Crippen molar-refractivity contribution >= 4 is 17.6 Å². The van der Waals surface area contributed by atoms with Crippen LogP contribution in [0.5, 0.6) is 17.2 Å². The summed E-state index contributed by atoms with van der Waals surface area (Å²) in [5, 5.41) is 11.7. The van der Waals surface area contributed by atoms with Gasteiger partial charge in [0.2, 0.25) is 0 Å². The normalized spacial score (nSPS) is 11.4.